The molecule has 204 valence electrons. The number of ether oxygens (including phenoxy) is 5. The number of benzene rings is 1. The van der Waals surface area contributed by atoms with Crippen LogP contribution in [0.2, 0.25) is 0 Å². The van der Waals surface area contributed by atoms with Crippen LogP contribution < -0.4 is 5.56 Å². The van der Waals surface area contributed by atoms with E-state index in [1.165, 1.54) is 19.1 Å². The van der Waals surface area contributed by atoms with Crippen molar-refractivity contribution in [1.82, 2.24) is 14.3 Å². The average molecular weight is 520 g/mol. The highest BCUT2D eigenvalue weighted by Gasteiger charge is 2.34. The van der Waals surface area contributed by atoms with Crippen molar-refractivity contribution in [1.29, 1.82) is 0 Å². The Kier molecular flexibility index (Phi) is 10.5. The fourth-order valence-corrected chi connectivity index (χ4v) is 4.27. The molecule has 0 bridgehead atoms. The first-order valence-electron chi connectivity index (χ1n) is 12.2. The molecule has 2 atom stereocenters. The van der Waals surface area contributed by atoms with E-state index in [1.807, 2.05) is 49.0 Å². The minimum absolute atomic E-state index is 0.0827. The molecule has 0 radical (unpaired) electrons. The highest BCUT2D eigenvalue weighted by atomic mass is 16.7. The van der Waals surface area contributed by atoms with Crippen molar-refractivity contribution in [3.8, 4) is 5.69 Å². The summed E-state index contributed by atoms with van der Waals surface area (Å²) in [6, 6.07) is 9.38. The van der Waals surface area contributed by atoms with Crippen molar-refractivity contribution in [3.05, 3.63) is 63.8 Å². The molecular weight excluding hydrogens is 482 g/mol. The zero-order valence-corrected chi connectivity index (χ0v) is 22.1. The lowest BCUT2D eigenvalue weighted by Gasteiger charge is -2.31. The number of aliphatic hydroxyl groups is 1. The third-order valence-corrected chi connectivity index (χ3v) is 6.30. The largest absolute Gasteiger partial charge is 0.459 e. The highest BCUT2D eigenvalue weighted by molar-refractivity contribution is 5.91. The minimum atomic E-state index is -0.773. The summed E-state index contributed by atoms with van der Waals surface area (Å²) >= 11 is 0. The van der Waals surface area contributed by atoms with Crippen LogP contribution in [0.3, 0.4) is 0 Å². The number of likely N-dealkylation sites (N-methyl/N-ethyl adjacent to an activating group) is 1. The second-order valence-corrected chi connectivity index (χ2v) is 8.69. The molecule has 37 heavy (non-hydrogen) atoms. The molecule has 0 unspecified atom stereocenters. The monoisotopic (exact) mass is 519 g/mol. The Labute approximate surface area is 216 Å². The summed E-state index contributed by atoms with van der Waals surface area (Å²) in [7, 11) is 6.45. The first kappa shape index (κ1) is 28.6. The molecular formula is C26H37N3O8. The van der Waals surface area contributed by atoms with Crippen LogP contribution in [0.5, 0.6) is 0 Å². The maximum absolute atomic E-state index is 13.6. The zero-order valence-electron chi connectivity index (χ0n) is 22.1. The second kappa shape index (κ2) is 13.5. The third-order valence-electron chi connectivity index (χ3n) is 6.30. The number of methoxy groups -OCH3 is 2. The normalized spacial score (nSPS) is 17.5. The Bertz CT molecular complexity index is 1110. The number of hydrogen-bond donors (Lipinski definition) is 1. The van der Waals surface area contributed by atoms with E-state index < -0.39 is 18.5 Å². The van der Waals surface area contributed by atoms with Gasteiger partial charge in [0.05, 0.1) is 38.7 Å². The number of amides is 1. The lowest BCUT2D eigenvalue weighted by atomic mass is 9.93. The maximum Gasteiger partial charge on any atom is 0.288 e. The van der Waals surface area contributed by atoms with Crippen molar-refractivity contribution >= 4 is 5.91 Å². The molecule has 2 heterocycles. The number of carbonyl (C=O) groups is 1. The van der Waals surface area contributed by atoms with Crippen LogP contribution in [0.1, 0.15) is 23.6 Å². The molecule has 0 aliphatic carbocycles. The van der Waals surface area contributed by atoms with E-state index in [9.17, 15) is 9.59 Å². The first-order valence-corrected chi connectivity index (χ1v) is 12.2. The van der Waals surface area contributed by atoms with Gasteiger partial charge in [-0.25, -0.2) is 4.68 Å². The van der Waals surface area contributed by atoms with E-state index in [2.05, 4.69) is 0 Å². The molecule has 0 fully saturated rings. The summed E-state index contributed by atoms with van der Waals surface area (Å²) in [5, 5.41) is 8.89. The van der Waals surface area contributed by atoms with Gasteiger partial charge in [0.15, 0.2) is 12.0 Å². The zero-order chi connectivity index (χ0) is 26.9. The van der Waals surface area contributed by atoms with Crippen LogP contribution in [-0.2, 0) is 35.5 Å². The van der Waals surface area contributed by atoms with Crippen molar-refractivity contribution in [2.45, 2.75) is 31.8 Å². The number of rotatable bonds is 13. The maximum atomic E-state index is 13.6. The van der Waals surface area contributed by atoms with Gasteiger partial charge in [-0.15, -0.1) is 0 Å². The third kappa shape index (κ3) is 6.88. The summed E-state index contributed by atoms with van der Waals surface area (Å²) in [5.74, 6) is -0.723. The fourth-order valence-electron chi connectivity index (χ4n) is 4.27. The SMILES string of the molecule is COC(CN(C)C(=O)C1=C[C@@H](c2c(C)n(C)n(-c3ccccc3)c2=O)C[C@@H](OCCOCCO)O1)OC. The van der Waals surface area contributed by atoms with Crippen molar-refractivity contribution in [3.63, 3.8) is 0 Å². The van der Waals surface area contributed by atoms with Gasteiger partial charge in [0.25, 0.3) is 11.5 Å². The molecule has 0 spiro atoms. The molecule has 3 rings (SSSR count). The van der Waals surface area contributed by atoms with Gasteiger partial charge < -0.3 is 33.7 Å². The minimum Gasteiger partial charge on any atom is -0.459 e. The van der Waals surface area contributed by atoms with Gasteiger partial charge in [-0.05, 0) is 25.1 Å². The molecule has 11 nitrogen and oxygen atoms in total. The molecule has 0 saturated heterocycles. The first-order chi connectivity index (χ1) is 17.8. The summed E-state index contributed by atoms with van der Waals surface area (Å²) < 4.78 is 30.9. The number of aromatic nitrogens is 2. The molecule has 1 aromatic heterocycles. The molecule has 1 aromatic carbocycles. The average Bonchev–Trinajstić information content (AvgIpc) is 3.14. The highest BCUT2D eigenvalue weighted by Crippen LogP contribution is 2.32. The summed E-state index contributed by atoms with van der Waals surface area (Å²) in [5.41, 5.74) is 1.93. The molecule has 1 N–H and O–H groups in total. The fraction of sp³-hybridized carbons (Fsp3) is 0.538. The molecule has 2 aromatic rings. The number of nitrogens with zero attached hydrogens (tertiary/aromatic N) is 3. The van der Waals surface area contributed by atoms with E-state index in [1.54, 1.807) is 17.8 Å². The van der Waals surface area contributed by atoms with Gasteiger partial charge in [0.2, 0.25) is 6.29 Å². The summed E-state index contributed by atoms with van der Waals surface area (Å²) in [6.07, 6.45) is 0.659. The summed E-state index contributed by atoms with van der Waals surface area (Å²) in [4.78, 5) is 28.4. The Morgan fingerprint density at radius 3 is 2.54 bits per heavy atom. The van der Waals surface area contributed by atoms with Crippen molar-refractivity contribution in [2.24, 2.45) is 7.05 Å². The predicted molar refractivity (Wildman–Crippen MR) is 135 cm³/mol. The number of carbonyl (C=O) groups excluding carboxylic acids is 1. The van der Waals surface area contributed by atoms with Crippen molar-refractivity contribution < 1.29 is 33.6 Å². The van der Waals surface area contributed by atoms with Crippen LogP contribution in [0.25, 0.3) is 5.69 Å². The molecule has 0 saturated carbocycles. The molecule has 1 amide bonds. The number of allylic oxidation sites excluding steroid dienone is 1. The van der Waals surface area contributed by atoms with Crippen molar-refractivity contribution in [2.75, 3.05) is 54.2 Å². The quantitative estimate of drug-likeness (QED) is 0.311. The summed E-state index contributed by atoms with van der Waals surface area (Å²) in [6.45, 7) is 2.64. The Hall–Kier alpha value is -2.96. The predicted octanol–water partition coefficient (Wildman–Crippen LogP) is 1.30. The Balaban J connectivity index is 1.93. The van der Waals surface area contributed by atoms with Crippen LogP contribution in [0.4, 0.5) is 0 Å². The number of hydrogen-bond acceptors (Lipinski definition) is 8. The van der Waals surface area contributed by atoms with E-state index >= 15 is 0 Å². The van der Waals surface area contributed by atoms with Gasteiger partial charge in [0.1, 0.15) is 0 Å². The van der Waals surface area contributed by atoms with Crippen LogP contribution in [0, 0.1) is 6.92 Å². The van der Waals surface area contributed by atoms with Gasteiger partial charge in [-0.1, -0.05) is 18.2 Å². The molecule has 1 aliphatic rings. The smallest absolute Gasteiger partial charge is 0.288 e. The number of aliphatic hydroxyl groups excluding tert-OH is 1. The van der Waals surface area contributed by atoms with Gasteiger partial charge in [0, 0.05) is 51.9 Å². The van der Waals surface area contributed by atoms with E-state index in [0.717, 1.165) is 11.4 Å². The molecule has 11 heteroatoms. The standard InChI is InChI=1S/C26H37N3O8/c1-18-24(26(32)29(28(18)3)20-9-7-6-8-10-20)19-15-21(25(31)27(2)17-23(33-4)34-5)37-22(16-19)36-14-13-35-12-11-30/h6-10,15,19,22-23,30H,11-14,16-17H2,1-5H3/t19-,22+/m1/s1. The van der Waals surface area contributed by atoms with E-state index in [4.69, 9.17) is 28.8 Å². The lowest BCUT2D eigenvalue weighted by Crippen LogP contribution is -2.39. The van der Waals surface area contributed by atoms with Crippen LogP contribution in [-0.4, -0.2) is 92.1 Å². The Morgan fingerprint density at radius 2 is 1.89 bits per heavy atom. The van der Waals surface area contributed by atoms with Gasteiger partial charge in [-0.3, -0.25) is 14.3 Å². The number of para-hydroxylation sites is 1. The van der Waals surface area contributed by atoms with Crippen LogP contribution >= 0.6 is 0 Å². The molecule has 1 aliphatic heterocycles. The van der Waals surface area contributed by atoms with Gasteiger partial charge >= 0.3 is 0 Å². The van der Waals surface area contributed by atoms with Crippen LogP contribution in [0.15, 0.2) is 47.0 Å². The Morgan fingerprint density at radius 1 is 1.19 bits per heavy atom. The van der Waals surface area contributed by atoms with E-state index in [0.29, 0.717) is 12.0 Å². The topological polar surface area (TPSA) is 114 Å². The van der Waals surface area contributed by atoms with Gasteiger partial charge in [-0.2, -0.15) is 0 Å². The second-order valence-electron chi connectivity index (χ2n) is 8.69. The lowest BCUT2D eigenvalue weighted by molar-refractivity contribution is -0.161. The van der Waals surface area contributed by atoms with E-state index in [-0.39, 0.29) is 50.2 Å².